The fourth-order valence-electron chi connectivity index (χ4n) is 3.33. The fourth-order valence-corrected chi connectivity index (χ4v) is 3.87. The van der Waals surface area contributed by atoms with Gasteiger partial charge in [0.2, 0.25) is 0 Å². The maximum absolute atomic E-state index is 13.7. The van der Waals surface area contributed by atoms with E-state index in [9.17, 15) is 23.7 Å². The molecule has 0 saturated heterocycles. The fraction of sp³-hybridized carbons (Fsp3) is 0.0909. The Hall–Kier alpha value is -3.79. The number of alkyl halides is 2. The second-order valence-electron chi connectivity index (χ2n) is 6.75. The van der Waals surface area contributed by atoms with Crippen LogP contribution in [0, 0.1) is 10.1 Å². The monoisotopic (exact) mass is 454 g/mol. The highest BCUT2D eigenvalue weighted by molar-refractivity contribution is 7.98. The van der Waals surface area contributed by atoms with Gasteiger partial charge in [-0.1, -0.05) is 12.1 Å². The van der Waals surface area contributed by atoms with Crippen molar-refractivity contribution < 1.29 is 18.5 Å². The molecule has 4 aromatic rings. The minimum absolute atomic E-state index is 0.113. The summed E-state index contributed by atoms with van der Waals surface area (Å²) in [5, 5.41) is 13.9. The average molecular weight is 454 g/mol. The van der Waals surface area contributed by atoms with Gasteiger partial charge in [0.1, 0.15) is 5.82 Å². The van der Waals surface area contributed by atoms with E-state index in [-0.39, 0.29) is 17.1 Å². The van der Waals surface area contributed by atoms with E-state index in [1.54, 1.807) is 54.8 Å². The summed E-state index contributed by atoms with van der Waals surface area (Å²) < 4.78 is 28.2. The lowest BCUT2D eigenvalue weighted by Crippen LogP contribution is -2.12. The lowest BCUT2D eigenvalue weighted by Gasteiger charge is -2.09. The molecule has 0 spiro atoms. The molecule has 1 amide bonds. The summed E-state index contributed by atoms with van der Waals surface area (Å²) in [5.41, 5.74) is 1.64. The molecule has 32 heavy (non-hydrogen) atoms. The van der Waals surface area contributed by atoms with Crippen LogP contribution < -0.4 is 5.32 Å². The number of para-hydroxylation sites is 2. The molecule has 0 fully saturated rings. The van der Waals surface area contributed by atoms with Gasteiger partial charge in [0.05, 0.1) is 20.9 Å². The number of hydrogen-bond donors (Lipinski definition) is 1. The van der Waals surface area contributed by atoms with Crippen LogP contribution in [0.5, 0.6) is 0 Å². The summed E-state index contributed by atoms with van der Waals surface area (Å²) >= 11 is 1.22. The Kier molecular flexibility index (Phi) is 5.87. The number of rotatable bonds is 6. The zero-order valence-electron chi connectivity index (χ0n) is 16.7. The molecule has 4 rings (SSSR count). The molecule has 1 heterocycles. The van der Waals surface area contributed by atoms with E-state index in [0.29, 0.717) is 27.2 Å². The zero-order chi connectivity index (χ0) is 22.8. The molecule has 0 bridgehead atoms. The van der Waals surface area contributed by atoms with E-state index in [1.165, 1.54) is 30.0 Å². The van der Waals surface area contributed by atoms with Crippen molar-refractivity contribution in [3.63, 3.8) is 0 Å². The van der Waals surface area contributed by atoms with Crippen LogP contribution >= 0.6 is 11.8 Å². The van der Waals surface area contributed by atoms with Crippen LogP contribution in [0.2, 0.25) is 0 Å². The van der Waals surface area contributed by atoms with Crippen molar-refractivity contribution in [2.24, 2.45) is 0 Å². The molecule has 3 aromatic carbocycles. The van der Waals surface area contributed by atoms with Crippen molar-refractivity contribution in [3.05, 3.63) is 82.4 Å². The molecule has 0 radical (unpaired) electrons. The van der Waals surface area contributed by atoms with Gasteiger partial charge in [-0.25, -0.2) is 4.98 Å². The van der Waals surface area contributed by atoms with Crippen LogP contribution in [0.4, 0.5) is 20.2 Å². The van der Waals surface area contributed by atoms with Crippen LogP contribution in [0.15, 0.2) is 71.6 Å². The number of benzene rings is 3. The van der Waals surface area contributed by atoms with Crippen molar-refractivity contribution in [1.82, 2.24) is 9.55 Å². The molecule has 0 aliphatic rings. The van der Waals surface area contributed by atoms with Gasteiger partial charge in [-0.2, -0.15) is 8.78 Å². The number of halogens is 2. The van der Waals surface area contributed by atoms with Gasteiger partial charge < -0.3 is 5.32 Å². The third-order valence-electron chi connectivity index (χ3n) is 4.83. The molecule has 0 aliphatic carbocycles. The number of amides is 1. The SMILES string of the molecule is CSc1ccc(C(=O)Nc2ccc(-c3nc4ccccc4n3C(F)F)cc2)cc1[N+](=O)[O-]. The van der Waals surface area contributed by atoms with Crippen molar-refractivity contribution in [3.8, 4) is 11.4 Å². The quantitative estimate of drug-likeness (QED) is 0.220. The molecule has 0 unspecified atom stereocenters. The number of hydrogen-bond acceptors (Lipinski definition) is 5. The Morgan fingerprint density at radius 2 is 1.84 bits per heavy atom. The van der Waals surface area contributed by atoms with Gasteiger partial charge in [-0.3, -0.25) is 19.5 Å². The number of nitro benzene ring substituents is 1. The predicted octanol–water partition coefficient (Wildman–Crippen LogP) is 5.98. The molecule has 10 heteroatoms. The third kappa shape index (κ3) is 4.04. The second-order valence-corrected chi connectivity index (χ2v) is 7.60. The van der Waals surface area contributed by atoms with Crippen LogP contribution in [0.1, 0.15) is 16.9 Å². The second kappa shape index (κ2) is 8.75. The standard InChI is InChI=1S/C22H16F2N4O3S/c1-32-19-11-8-14(12-18(19)28(30)31)21(29)25-15-9-6-13(7-10-15)20-26-16-4-2-3-5-17(16)27(20)22(23)24/h2-12,22H,1H3,(H,25,29). The zero-order valence-corrected chi connectivity index (χ0v) is 17.5. The van der Waals surface area contributed by atoms with E-state index >= 15 is 0 Å². The Labute approximate surface area is 185 Å². The molecule has 0 atom stereocenters. The Morgan fingerprint density at radius 3 is 2.50 bits per heavy atom. The number of nitro groups is 1. The maximum atomic E-state index is 13.7. The molecule has 0 aliphatic heterocycles. The van der Waals surface area contributed by atoms with Gasteiger partial charge in [-0.05, 0) is 54.8 Å². The summed E-state index contributed by atoms with van der Waals surface area (Å²) in [4.78, 5) is 28.0. The number of aromatic nitrogens is 2. The number of nitrogens with one attached hydrogen (secondary N) is 1. The van der Waals surface area contributed by atoms with Crippen molar-refractivity contribution >= 4 is 40.1 Å². The highest BCUT2D eigenvalue weighted by Gasteiger charge is 2.20. The first-order valence-corrected chi connectivity index (χ1v) is 10.6. The first kappa shape index (κ1) is 21.4. The van der Waals surface area contributed by atoms with E-state index < -0.39 is 17.4 Å². The van der Waals surface area contributed by atoms with Gasteiger partial charge >= 0.3 is 6.55 Å². The van der Waals surface area contributed by atoms with Gasteiger partial charge in [0, 0.05) is 22.9 Å². The smallest absolute Gasteiger partial charge is 0.320 e. The number of fused-ring (bicyclic) bond motifs is 1. The largest absolute Gasteiger partial charge is 0.322 e. The summed E-state index contributed by atoms with van der Waals surface area (Å²) in [6, 6.07) is 17.2. The summed E-state index contributed by atoms with van der Waals surface area (Å²) in [5.74, 6) is -0.407. The number of nitrogens with zero attached hydrogens (tertiary/aromatic N) is 3. The average Bonchev–Trinajstić information content (AvgIpc) is 3.19. The predicted molar refractivity (Wildman–Crippen MR) is 119 cm³/mol. The van der Waals surface area contributed by atoms with E-state index in [2.05, 4.69) is 10.3 Å². The summed E-state index contributed by atoms with van der Waals surface area (Å²) in [6.07, 6.45) is 1.71. The molecule has 0 saturated carbocycles. The summed E-state index contributed by atoms with van der Waals surface area (Å²) in [7, 11) is 0. The number of carbonyl (C=O) groups excluding carboxylic acids is 1. The molecule has 162 valence electrons. The van der Waals surface area contributed by atoms with Crippen molar-refractivity contribution in [2.45, 2.75) is 11.4 Å². The van der Waals surface area contributed by atoms with E-state index in [1.807, 2.05) is 0 Å². The van der Waals surface area contributed by atoms with Crippen molar-refractivity contribution in [2.75, 3.05) is 11.6 Å². The first-order valence-electron chi connectivity index (χ1n) is 9.38. The normalized spacial score (nSPS) is 11.1. The number of carbonyl (C=O) groups is 1. The van der Waals surface area contributed by atoms with Crippen LogP contribution in [0.3, 0.4) is 0 Å². The maximum Gasteiger partial charge on any atom is 0.320 e. The van der Waals surface area contributed by atoms with E-state index in [0.717, 1.165) is 4.57 Å². The van der Waals surface area contributed by atoms with Crippen molar-refractivity contribution in [1.29, 1.82) is 0 Å². The Morgan fingerprint density at radius 1 is 1.12 bits per heavy atom. The van der Waals surface area contributed by atoms with Gasteiger partial charge in [-0.15, -0.1) is 11.8 Å². The Bertz CT molecular complexity index is 1320. The molecule has 7 nitrogen and oxygen atoms in total. The van der Waals surface area contributed by atoms with E-state index in [4.69, 9.17) is 0 Å². The first-order chi connectivity index (χ1) is 15.4. The topological polar surface area (TPSA) is 90.1 Å². The van der Waals surface area contributed by atoms with Crippen LogP contribution in [-0.2, 0) is 0 Å². The lowest BCUT2D eigenvalue weighted by molar-refractivity contribution is -0.387. The molecule has 1 N–H and O–H groups in total. The number of imidazole rings is 1. The number of thioether (sulfide) groups is 1. The molecular weight excluding hydrogens is 438 g/mol. The Balaban J connectivity index is 1.60. The van der Waals surface area contributed by atoms with Crippen LogP contribution in [0.25, 0.3) is 22.4 Å². The molecular formula is C22H16F2N4O3S. The third-order valence-corrected chi connectivity index (χ3v) is 5.61. The highest BCUT2D eigenvalue weighted by atomic mass is 32.2. The van der Waals surface area contributed by atoms with Crippen LogP contribution in [-0.4, -0.2) is 26.6 Å². The van der Waals surface area contributed by atoms with Gasteiger partial charge in [0.15, 0.2) is 0 Å². The molecule has 1 aromatic heterocycles. The highest BCUT2D eigenvalue weighted by Crippen LogP contribution is 2.31. The minimum Gasteiger partial charge on any atom is -0.322 e. The minimum atomic E-state index is -2.77. The van der Waals surface area contributed by atoms with Gasteiger partial charge in [0.25, 0.3) is 11.6 Å². The lowest BCUT2D eigenvalue weighted by atomic mass is 10.1. The summed E-state index contributed by atoms with van der Waals surface area (Å²) in [6.45, 7) is -2.77. The number of anilines is 1.